The Bertz CT molecular complexity index is 481. The van der Waals surface area contributed by atoms with Crippen molar-refractivity contribution in [2.45, 2.75) is 19.3 Å². The van der Waals surface area contributed by atoms with Crippen LogP contribution in [0.2, 0.25) is 0 Å². The van der Waals surface area contributed by atoms with Crippen molar-refractivity contribution < 1.29 is 9.21 Å². The largest absolute Gasteiger partial charge is 0.444 e. The number of hydrogen-bond acceptors (Lipinski definition) is 3. The van der Waals surface area contributed by atoms with Crippen molar-refractivity contribution in [1.82, 2.24) is 10.9 Å². The van der Waals surface area contributed by atoms with Crippen molar-refractivity contribution in [3.63, 3.8) is 0 Å². The van der Waals surface area contributed by atoms with Crippen LogP contribution in [-0.4, -0.2) is 5.91 Å². The van der Waals surface area contributed by atoms with E-state index in [0.717, 1.165) is 5.70 Å². The molecule has 4 nitrogen and oxygen atoms in total. The zero-order valence-electron chi connectivity index (χ0n) is 9.20. The molecule has 3 rings (SSSR count). The van der Waals surface area contributed by atoms with Gasteiger partial charge in [-0.15, -0.1) is 0 Å². The number of rotatable bonds is 3. The number of carbonyl (C=O) groups is 1. The minimum absolute atomic E-state index is 0.251. The molecule has 2 atom stereocenters. The summed E-state index contributed by atoms with van der Waals surface area (Å²) in [7, 11) is 0. The van der Waals surface area contributed by atoms with Crippen molar-refractivity contribution in [3.8, 4) is 0 Å². The maximum Gasteiger partial charge on any atom is 0.305 e. The molecule has 1 aromatic heterocycles. The first-order chi connectivity index (χ1) is 8.22. The van der Waals surface area contributed by atoms with E-state index in [1.54, 1.807) is 12.1 Å². The van der Waals surface area contributed by atoms with Gasteiger partial charge < -0.3 is 9.84 Å². The second kappa shape index (κ2) is 4.22. The molecule has 1 aromatic rings. The molecule has 17 heavy (non-hydrogen) atoms. The van der Waals surface area contributed by atoms with Crippen LogP contribution in [0.5, 0.6) is 0 Å². The van der Waals surface area contributed by atoms with Crippen LogP contribution < -0.4 is 10.9 Å². The Morgan fingerprint density at radius 3 is 2.88 bits per heavy atom. The van der Waals surface area contributed by atoms with Crippen molar-refractivity contribution in [3.05, 3.63) is 34.3 Å². The Kier molecular flexibility index (Phi) is 2.70. The van der Waals surface area contributed by atoms with Crippen molar-refractivity contribution >= 4 is 21.8 Å². The molecule has 90 valence electrons. The summed E-state index contributed by atoms with van der Waals surface area (Å²) in [5, 5.41) is 0. The first-order valence-corrected chi connectivity index (χ1v) is 6.55. The van der Waals surface area contributed by atoms with E-state index in [1.807, 2.05) is 0 Å². The molecule has 2 bridgehead atoms. The lowest BCUT2D eigenvalue weighted by atomic mass is 10.1. The SMILES string of the molecule is O=C(NNC1=CC2CCC1C2)c1ccc(Br)o1. The van der Waals surface area contributed by atoms with Crippen LogP contribution in [0.4, 0.5) is 0 Å². The molecule has 5 heteroatoms. The molecule has 1 saturated carbocycles. The fourth-order valence-electron chi connectivity index (χ4n) is 2.61. The van der Waals surface area contributed by atoms with Crippen LogP contribution in [0, 0.1) is 11.8 Å². The molecule has 2 unspecified atom stereocenters. The number of halogens is 1. The minimum atomic E-state index is -0.251. The predicted molar refractivity (Wildman–Crippen MR) is 65.9 cm³/mol. The van der Waals surface area contributed by atoms with E-state index in [9.17, 15) is 4.79 Å². The molecule has 0 saturated heterocycles. The molecule has 0 spiro atoms. The molecular weight excluding hydrogens is 284 g/mol. The molecule has 2 aliphatic carbocycles. The van der Waals surface area contributed by atoms with E-state index >= 15 is 0 Å². The smallest absolute Gasteiger partial charge is 0.305 e. The topological polar surface area (TPSA) is 54.3 Å². The fraction of sp³-hybridized carbons (Fsp3) is 0.417. The molecular formula is C12H13BrN2O2. The average Bonchev–Trinajstić information content (AvgIpc) is 3.01. The summed E-state index contributed by atoms with van der Waals surface area (Å²) in [6.07, 6.45) is 5.97. The minimum Gasteiger partial charge on any atom is -0.444 e. The van der Waals surface area contributed by atoms with E-state index in [4.69, 9.17) is 4.42 Å². The van der Waals surface area contributed by atoms with E-state index in [1.165, 1.54) is 19.3 Å². The highest BCUT2D eigenvalue weighted by atomic mass is 79.9. The monoisotopic (exact) mass is 296 g/mol. The quantitative estimate of drug-likeness (QED) is 0.843. The predicted octanol–water partition coefficient (Wildman–Crippen LogP) is 2.59. The van der Waals surface area contributed by atoms with Crippen molar-refractivity contribution in [1.29, 1.82) is 0 Å². The molecule has 2 aliphatic rings. The molecule has 1 fully saturated rings. The Hall–Kier alpha value is -1.23. The molecule has 2 N–H and O–H groups in total. The lowest BCUT2D eigenvalue weighted by Gasteiger charge is -2.15. The van der Waals surface area contributed by atoms with Gasteiger partial charge in [0.1, 0.15) is 0 Å². The standard InChI is InChI=1S/C12H13BrN2O2/c13-11-4-3-10(17-11)12(16)15-14-9-6-7-1-2-8(9)5-7/h3-4,6-8,14H,1-2,5H2,(H,15,16). The summed E-state index contributed by atoms with van der Waals surface area (Å²) < 4.78 is 5.72. The second-order valence-corrected chi connectivity index (χ2v) is 5.36. The highest BCUT2D eigenvalue weighted by Gasteiger charge is 2.32. The molecule has 0 aliphatic heterocycles. The van der Waals surface area contributed by atoms with Gasteiger partial charge in [0.2, 0.25) is 0 Å². The summed E-state index contributed by atoms with van der Waals surface area (Å²) in [5.41, 5.74) is 6.83. The number of nitrogens with one attached hydrogen (secondary N) is 2. The molecule has 0 aromatic carbocycles. The van der Waals surface area contributed by atoms with Gasteiger partial charge in [0.15, 0.2) is 10.4 Å². The Balaban J connectivity index is 1.58. The van der Waals surface area contributed by atoms with Crippen LogP contribution in [-0.2, 0) is 0 Å². The van der Waals surface area contributed by atoms with Crippen molar-refractivity contribution in [2.24, 2.45) is 11.8 Å². The van der Waals surface area contributed by atoms with Gasteiger partial charge in [0, 0.05) is 11.6 Å². The number of furan rings is 1. The van der Waals surface area contributed by atoms with Gasteiger partial charge in [-0.2, -0.15) is 0 Å². The first-order valence-electron chi connectivity index (χ1n) is 5.76. The highest BCUT2D eigenvalue weighted by molar-refractivity contribution is 9.10. The van der Waals surface area contributed by atoms with Gasteiger partial charge in [-0.3, -0.25) is 10.2 Å². The highest BCUT2D eigenvalue weighted by Crippen LogP contribution is 2.42. The van der Waals surface area contributed by atoms with Gasteiger partial charge in [0.05, 0.1) is 0 Å². The zero-order valence-corrected chi connectivity index (χ0v) is 10.8. The summed E-state index contributed by atoms with van der Waals surface area (Å²) >= 11 is 3.17. The number of allylic oxidation sites excluding steroid dienone is 2. The van der Waals surface area contributed by atoms with Gasteiger partial charge in [-0.05, 0) is 53.2 Å². The lowest BCUT2D eigenvalue weighted by Crippen LogP contribution is -2.38. The Morgan fingerprint density at radius 1 is 1.41 bits per heavy atom. The number of hydrogen-bond donors (Lipinski definition) is 2. The third kappa shape index (κ3) is 2.11. The van der Waals surface area contributed by atoms with E-state index < -0.39 is 0 Å². The Labute approximate surface area is 108 Å². The number of fused-ring (bicyclic) bond motifs is 2. The molecule has 1 heterocycles. The summed E-state index contributed by atoms with van der Waals surface area (Å²) in [6.45, 7) is 0. The maximum absolute atomic E-state index is 11.7. The van der Waals surface area contributed by atoms with Crippen molar-refractivity contribution in [2.75, 3.05) is 0 Å². The average molecular weight is 297 g/mol. The third-order valence-electron chi connectivity index (χ3n) is 3.45. The third-order valence-corrected chi connectivity index (χ3v) is 3.87. The first kappa shape index (κ1) is 10.9. The van der Waals surface area contributed by atoms with E-state index in [-0.39, 0.29) is 5.91 Å². The summed E-state index contributed by atoms with van der Waals surface area (Å²) in [4.78, 5) is 11.7. The molecule has 1 amide bonds. The van der Waals surface area contributed by atoms with E-state index in [2.05, 4.69) is 32.9 Å². The van der Waals surface area contributed by atoms with Gasteiger partial charge in [-0.25, -0.2) is 0 Å². The maximum atomic E-state index is 11.7. The van der Waals surface area contributed by atoms with E-state index in [0.29, 0.717) is 22.3 Å². The van der Waals surface area contributed by atoms with Crippen LogP contribution in [0.3, 0.4) is 0 Å². The van der Waals surface area contributed by atoms with Crippen LogP contribution in [0.1, 0.15) is 29.8 Å². The zero-order chi connectivity index (χ0) is 11.8. The second-order valence-electron chi connectivity index (χ2n) is 4.57. The fourth-order valence-corrected chi connectivity index (χ4v) is 2.92. The summed E-state index contributed by atoms with van der Waals surface area (Å²) in [6, 6.07) is 3.34. The molecule has 0 radical (unpaired) electrons. The number of hydrazine groups is 1. The number of carbonyl (C=O) groups excluding carboxylic acids is 1. The van der Waals surface area contributed by atoms with Gasteiger partial charge in [0.25, 0.3) is 0 Å². The normalized spacial score (nSPS) is 25.8. The van der Waals surface area contributed by atoms with Crippen LogP contribution >= 0.6 is 15.9 Å². The van der Waals surface area contributed by atoms with Crippen LogP contribution in [0.15, 0.2) is 33.0 Å². The van der Waals surface area contributed by atoms with Gasteiger partial charge >= 0.3 is 5.91 Å². The lowest BCUT2D eigenvalue weighted by molar-refractivity contribution is 0.0908. The van der Waals surface area contributed by atoms with Crippen LogP contribution in [0.25, 0.3) is 0 Å². The Morgan fingerprint density at radius 2 is 2.29 bits per heavy atom. The van der Waals surface area contributed by atoms with Gasteiger partial charge in [-0.1, -0.05) is 6.08 Å². The number of amides is 1. The summed E-state index contributed by atoms with van der Waals surface area (Å²) in [5.74, 6) is 1.35.